The first-order valence-electron chi connectivity index (χ1n) is 5.67. The highest BCUT2D eigenvalue weighted by Gasteiger charge is 2.18. The number of aromatic hydroxyl groups is 1. The van der Waals surface area contributed by atoms with Crippen molar-refractivity contribution in [3.8, 4) is 5.88 Å². The summed E-state index contributed by atoms with van der Waals surface area (Å²) < 4.78 is 1.47. The highest BCUT2D eigenvalue weighted by atomic mass is 16.3. The Bertz CT molecular complexity index is 671. The zero-order valence-electron chi connectivity index (χ0n) is 9.26. The topological polar surface area (TPSA) is 54.6 Å². The summed E-state index contributed by atoms with van der Waals surface area (Å²) in [6, 6.07) is 5.27. The van der Waals surface area contributed by atoms with Gasteiger partial charge in [-0.25, -0.2) is 0 Å². The monoisotopic (exact) mass is 228 g/mol. The number of rotatable bonds is 1. The lowest BCUT2D eigenvalue weighted by Crippen LogP contribution is -2.18. The van der Waals surface area contributed by atoms with Crippen LogP contribution >= 0.6 is 0 Å². The molecule has 1 aliphatic rings. The Morgan fingerprint density at radius 1 is 1.35 bits per heavy atom. The maximum atomic E-state index is 12.3. The molecule has 2 aromatic rings. The van der Waals surface area contributed by atoms with Crippen LogP contribution < -0.4 is 5.56 Å². The van der Waals surface area contributed by atoms with Crippen molar-refractivity contribution in [3.05, 3.63) is 46.4 Å². The van der Waals surface area contributed by atoms with Crippen LogP contribution in [0.3, 0.4) is 0 Å². The molecule has 2 heterocycles. The number of nitrogens with zero attached hydrogens (tertiary/aromatic N) is 2. The maximum Gasteiger partial charge on any atom is 0.269 e. The minimum Gasteiger partial charge on any atom is -0.493 e. The summed E-state index contributed by atoms with van der Waals surface area (Å²) in [5, 5.41) is 9.88. The molecule has 0 bridgehead atoms. The van der Waals surface area contributed by atoms with Crippen LogP contribution in [0.4, 0.5) is 0 Å². The van der Waals surface area contributed by atoms with E-state index < -0.39 is 0 Å². The normalized spacial score (nSPS) is 15.2. The van der Waals surface area contributed by atoms with E-state index in [4.69, 9.17) is 0 Å². The van der Waals surface area contributed by atoms with Crippen LogP contribution in [-0.4, -0.2) is 14.5 Å². The molecule has 0 aromatic carbocycles. The SMILES string of the molecule is O=c1c(C2=CCCC2)c(O)nc2ccccn12. The molecule has 0 amide bonds. The summed E-state index contributed by atoms with van der Waals surface area (Å²) in [4.78, 5) is 16.3. The average Bonchev–Trinajstić information content (AvgIpc) is 2.83. The molecular weight excluding hydrogens is 216 g/mol. The summed E-state index contributed by atoms with van der Waals surface area (Å²) in [7, 11) is 0. The van der Waals surface area contributed by atoms with E-state index in [1.165, 1.54) is 4.40 Å². The van der Waals surface area contributed by atoms with Gasteiger partial charge in [-0.2, -0.15) is 4.98 Å². The van der Waals surface area contributed by atoms with Crippen molar-refractivity contribution >= 4 is 11.2 Å². The molecule has 0 spiro atoms. The third-order valence-corrected chi connectivity index (χ3v) is 3.08. The van der Waals surface area contributed by atoms with Gasteiger partial charge in [0.1, 0.15) is 11.2 Å². The lowest BCUT2D eigenvalue weighted by Gasteiger charge is -2.06. The average molecular weight is 228 g/mol. The van der Waals surface area contributed by atoms with Gasteiger partial charge in [0.15, 0.2) is 0 Å². The van der Waals surface area contributed by atoms with E-state index in [1.54, 1.807) is 24.4 Å². The molecule has 1 N–H and O–H groups in total. The van der Waals surface area contributed by atoms with Crippen LogP contribution in [0.2, 0.25) is 0 Å². The van der Waals surface area contributed by atoms with Gasteiger partial charge in [-0.05, 0) is 37.0 Å². The van der Waals surface area contributed by atoms with Crippen molar-refractivity contribution in [1.82, 2.24) is 9.38 Å². The van der Waals surface area contributed by atoms with E-state index in [1.807, 2.05) is 6.08 Å². The Morgan fingerprint density at radius 2 is 2.24 bits per heavy atom. The highest BCUT2D eigenvalue weighted by Crippen LogP contribution is 2.29. The van der Waals surface area contributed by atoms with Gasteiger partial charge in [0, 0.05) is 6.20 Å². The largest absolute Gasteiger partial charge is 0.493 e. The maximum absolute atomic E-state index is 12.3. The molecule has 4 heteroatoms. The van der Waals surface area contributed by atoms with E-state index in [0.29, 0.717) is 11.2 Å². The van der Waals surface area contributed by atoms with E-state index in [2.05, 4.69) is 4.98 Å². The number of allylic oxidation sites excluding steroid dienone is 2. The first-order valence-corrected chi connectivity index (χ1v) is 5.67. The highest BCUT2D eigenvalue weighted by molar-refractivity contribution is 5.70. The van der Waals surface area contributed by atoms with Crippen molar-refractivity contribution < 1.29 is 5.11 Å². The van der Waals surface area contributed by atoms with Gasteiger partial charge < -0.3 is 5.11 Å². The first-order chi connectivity index (χ1) is 8.27. The second-order valence-corrected chi connectivity index (χ2v) is 4.17. The van der Waals surface area contributed by atoms with Crippen LogP contribution in [0, 0.1) is 0 Å². The van der Waals surface area contributed by atoms with Gasteiger partial charge in [0.2, 0.25) is 5.88 Å². The molecule has 1 aliphatic carbocycles. The smallest absolute Gasteiger partial charge is 0.269 e. The third-order valence-electron chi connectivity index (χ3n) is 3.08. The zero-order chi connectivity index (χ0) is 11.8. The second kappa shape index (κ2) is 3.73. The number of aromatic nitrogens is 2. The molecule has 0 saturated carbocycles. The summed E-state index contributed by atoms with van der Waals surface area (Å²) >= 11 is 0. The lowest BCUT2D eigenvalue weighted by molar-refractivity contribution is 0.450. The molecule has 17 heavy (non-hydrogen) atoms. The molecule has 0 atom stereocenters. The molecule has 0 fully saturated rings. The molecule has 3 rings (SSSR count). The summed E-state index contributed by atoms with van der Waals surface area (Å²) in [6.07, 6.45) is 6.51. The zero-order valence-corrected chi connectivity index (χ0v) is 9.26. The Balaban J connectivity index is 2.35. The predicted octanol–water partition coefficient (Wildman–Crippen LogP) is 1.97. The summed E-state index contributed by atoms with van der Waals surface area (Å²) in [5.41, 5.74) is 1.54. The van der Waals surface area contributed by atoms with Gasteiger partial charge in [-0.15, -0.1) is 0 Å². The first kappa shape index (κ1) is 10.1. The van der Waals surface area contributed by atoms with E-state index >= 15 is 0 Å². The fraction of sp³-hybridized carbons (Fsp3) is 0.231. The van der Waals surface area contributed by atoms with Crippen molar-refractivity contribution in [2.45, 2.75) is 19.3 Å². The quantitative estimate of drug-likeness (QED) is 0.811. The lowest BCUT2D eigenvalue weighted by atomic mass is 10.1. The summed E-state index contributed by atoms with van der Waals surface area (Å²) in [5.74, 6) is -0.158. The number of hydrogen-bond acceptors (Lipinski definition) is 3. The number of fused-ring (bicyclic) bond motifs is 1. The van der Waals surface area contributed by atoms with Gasteiger partial charge in [0.25, 0.3) is 5.56 Å². The molecule has 0 aliphatic heterocycles. The van der Waals surface area contributed by atoms with Crippen molar-refractivity contribution in [2.24, 2.45) is 0 Å². The van der Waals surface area contributed by atoms with Crippen LogP contribution in [0.1, 0.15) is 24.8 Å². The predicted molar refractivity (Wildman–Crippen MR) is 65.0 cm³/mol. The van der Waals surface area contributed by atoms with Crippen LogP contribution in [0.25, 0.3) is 11.2 Å². The van der Waals surface area contributed by atoms with Crippen LogP contribution in [0.15, 0.2) is 35.3 Å². The van der Waals surface area contributed by atoms with E-state index in [9.17, 15) is 9.90 Å². The van der Waals surface area contributed by atoms with Crippen LogP contribution in [-0.2, 0) is 0 Å². The van der Waals surface area contributed by atoms with E-state index in [0.717, 1.165) is 24.8 Å². The minimum absolute atomic E-state index is 0.158. The minimum atomic E-state index is -0.193. The molecule has 0 saturated heterocycles. The Morgan fingerprint density at radius 3 is 3.00 bits per heavy atom. The van der Waals surface area contributed by atoms with Gasteiger partial charge >= 0.3 is 0 Å². The number of hydrogen-bond donors (Lipinski definition) is 1. The summed E-state index contributed by atoms with van der Waals surface area (Å²) in [6.45, 7) is 0. The molecule has 0 radical (unpaired) electrons. The van der Waals surface area contributed by atoms with Gasteiger partial charge in [0.05, 0.1) is 0 Å². The fourth-order valence-electron chi connectivity index (χ4n) is 2.26. The van der Waals surface area contributed by atoms with E-state index in [-0.39, 0.29) is 11.4 Å². The van der Waals surface area contributed by atoms with Gasteiger partial charge in [-0.3, -0.25) is 9.20 Å². The fourth-order valence-corrected chi connectivity index (χ4v) is 2.26. The van der Waals surface area contributed by atoms with Crippen molar-refractivity contribution in [1.29, 1.82) is 0 Å². The Labute approximate surface area is 97.9 Å². The molecule has 86 valence electrons. The Kier molecular flexibility index (Phi) is 2.21. The van der Waals surface area contributed by atoms with Crippen LogP contribution in [0.5, 0.6) is 5.88 Å². The van der Waals surface area contributed by atoms with Crippen molar-refractivity contribution in [2.75, 3.05) is 0 Å². The molecule has 4 nitrogen and oxygen atoms in total. The second-order valence-electron chi connectivity index (χ2n) is 4.17. The Hall–Kier alpha value is -2.10. The molecular formula is C13H12N2O2. The molecule has 0 unspecified atom stereocenters. The van der Waals surface area contributed by atoms with Gasteiger partial charge in [-0.1, -0.05) is 12.1 Å². The molecule has 2 aromatic heterocycles. The van der Waals surface area contributed by atoms with Crippen molar-refractivity contribution in [3.63, 3.8) is 0 Å². The third kappa shape index (κ3) is 1.53. The standard InChI is InChI=1S/C13H12N2O2/c16-12-11(9-5-1-2-6-9)13(17)15-8-4-3-7-10(15)14-12/h3-5,7-8,16H,1-2,6H2. The number of pyridine rings is 1.